The Hall–Kier alpha value is -1.10. The van der Waals surface area contributed by atoms with Crippen LogP contribution in [0, 0.1) is 0 Å². The molecular formula is C14H25N3O2. The van der Waals surface area contributed by atoms with Gasteiger partial charge < -0.3 is 15.1 Å². The molecule has 2 heterocycles. The Morgan fingerprint density at radius 1 is 1.21 bits per heavy atom. The number of nitrogens with one attached hydrogen (secondary N) is 1. The van der Waals surface area contributed by atoms with Crippen LogP contribution in [0.25, 0.3) is 0 Å². The molecule has 0 spiro atoms. The van der Waals surface area contributed by atoms with Crippen LogP contribution in [-0.4, -0.2) is 60.4 Å². The second kappa shape index (κ2) is 6.89. The minimum absolute atomic E-state index is 0.0805. The van der Waals surface area contributed by atoms with Gasteiger partial charge in [-0.3, -0.25) is 9.59 Å². The Morgan fingerprint density at radius 3 is 2.53 bits per heavy atom. The van der Waals surface area contributed by atoms with Crippen molar-refractivity contribution in [3.05, 3.63) is 0 Å². The minimum Gasteiger partial charge on any atom is -0.343 e. The second-order valence-electron chi connectivity index (χ2n) is 5.42. The third-order valence-corrected chi connectivity index (χ3v) is 4.10. The normalized spacial score (nSPS) is 25.3. The van der Waals surface area contributed by atoms with E-state index in [2.05, 4.69) is 5.32 Å². The summed E-state index contributed by atoms with van der Waals surface area (Å²) in [4.78, 5) is 28.2. The molecule has 0 bridgehead atoms. The fourth-order valence-corrected chi connectivity index (χ4v) is 2.89. The molecule has 0 aromatic rings. The lowest BCUT2D eigenvalue weighted by atomic mass is 10.1. The van der Waals surface area contributed by atoms with Gasteiger partial charge in [0.05, 0.1) is 12.5 Å². The Bertz CT molecular complexity index is 325. The van der Waals surface area contributed by atoms with E-state index >= 15 is 0 Å². The molecule has 2 fully saturated rings. The summed E-state index contributed by atoms with van der Waals surface area (Å²) < 4.78 is 0. The summed E-state index contributed by atoms with van der Waals surface area (Å²) in [5, 5.41) is 3.18. The summed E-state index contributed by atoms with van der Waals surface area (Å²) in [6, 6.07) is -0.315. The molecule has 0 aromatic heterocycles. The predicted molar refractivity (Wildman–Crippen MR) is 73.7 cm³/mol. The first-order chi connectivity index (χ1) is 9.22. The van der Waals surface area contributed by atoms with Crippen molar-refractivity contribution in [2.75, 3.05) is 32.7 Å². The summed E-state index contributed by atoms with van der Waals surface area (Å²) >= 11 is 0. The van der Waals surface area contributed by atoms with Gasteiger partial charge in [0.15, 0.2) is 0 Å². The Labute approximate surface area is 115 Å². The molecule has 0 radical (unpaired) electrons. The highest BCUT2D eigenvalue weighted by Crippen LogP contribution is 2.13. The van der Waals surface area contributed by atoms with E-state index < -0.39 is 0 Å². The average Bonchev–Trinajstić information content (AvgIpc) is 2.70. The van der Waals surface area contributed by atoms with Gasteiger partial charge in [-0.15, -0.1) is 0 Å². The van der Waals surface area contributed by atoms with E-state index in [-0.39, 0.29) is 17.9 Å². The molecule has 1 unspecified atom stereocenters. The van der Waals surface area contributed by atoms with Crippen molar-refractivity contribution in [2.24, 2.45) is 0 Å². The van der Waals surface area contributed by atoms with Crippen molar-refractivity contribution in [3.8, 4) is 0 Å². The van der Waals surface area contributed by atoms with Crippen LogP contribution < -0.4 is 5.32 Å². The molecule has 2 rings (SSSR count). The number of carbonyl (C=O) groups is 2. The van der Waals surface area contributed by atoms with E-state index in [9.17, 15) is 9.59 Å². The molecule has 0 saturated carbocycles. The zero-order valence-electron chi connectivity index (χ0n) is 11.9. The summed E-state index contributed by atoms with van der Waals surface area (Å²) in [6.45, 7) is 5.97. The maximum Gasteiger partial charge on any atom is 0.240 e. The van der Waals surface area contributed by atoms with Crippen LogP contribution in [-0.2, 0) is 9.59 Å². The van der Waals surface area contributed by atoms with E-state index in [0.717, 1.165) is 45.6 Å². The van der Waals surface area contributed by atoms with E-state index in [1.807, 2.05) is 16.7 Å². The standard InChI is InChI=1S/C14H25N3O2/c1-2-16-10-7-15-12(14(16)19)11-13(18)17-8-5-3-4-6-9-17/h12,15H,2-11H2,1H3. The molecule has 0 aromatic carbocycles. The number of rotatable bonds is 3. The quantitative estimate of drug-likeness (QED) is 0.814. The Balaban J connectivity index is 1.88. The smallest absolute Gasteiger partial charge is 0.240 e. The fraction of sp³-hybridized carbons (Fsp3) is 0.857. The second-order valence-corrected chi connectivity index (χ2v) is 5.42. The lowest BCUT2D eigenvalue weighted by Crippen LogP contribution is -2.56. The van der Waals surface area contributed by atoms with Gasteiger partial charge in [0, 0.05) is 32.7 Å². The first-order valence-electron chi connectivity index (χ1n) is 7.52. The van der Waals surface area contributed by atoms with Gasteiger partial charge in [0.2, 0.25) is 11.8 Å². The number of amides is 2. The van der Waals surface area contributed by atoms with Gasteiger partial charge in [-0.25, -0.2) is 0 Å². The van der Waals surface area contributed by atoms with Crippen LogP contribution in [0.15, 0.2) is 0 Å². The first-order valence-corrected chi connectivity index (χ1v) is 7.52. The molecule has 108 valence electrons. The molecule has 1 atom stereocenters. The molecule has 2 aliphatic heterocycles. The molecule has 2 amide bonds. The minimum atomic E-state index is -0.315. The first kappa shape index (κ1) is 14.3. The number of likely N-dealkylation sites (tertiary alicyclic amines) is 1. The van der Waals surface area contributed by atoms with E-state index in [1.165, 1.54) is 12.8 Å². The van der Waals surface area contributed by atoms with Gasteiger partial charge in [0.25, 0.3) is 0 Å². The molecule has 5 heteroatoms. The Morgan fingerprint density at radius 2 is 1.89 bits per heavy atom. The lowest BCUT2D eigenvalue weighted by Gasteiger charge is -2.33. The van der Waals surface area contributed by atoms with Crippen molar-refractivity contribution >= 4 is 11.8 Å². The predicted octanol–water partition coefficient (Wildman–Crippen LogP) is 0.599. The van der Waals surface area contributed by atoms with Gasteiger partial charge in [0.1, 0.15) is 0 Å². The van der Waals surface area contributed by atoms with Crippen LogP contribution >= 0.6 is 0 Å². The zero-order valence-corrected chi connectivity index (χ0v) is 11.9. The maximum absolute atomic E-state index is 12.3. The van der Waals surface area contributed by atoms with Crippen molar-refractivity contribution < 1.29 is 9.59 Å². The highest BCUT2D eigenvalue weighted by Gasteiger charge is 2.30. The highest BCUT2D eigenvalue weighted by atomic mass is 16.2. The number of hydrogen-bond acceptors (Lipinski definition) is 3. The third kappa shape index (κ3) is 3.69. The van der Waals surface area contributed by atoms with Crippen LogP contribution in [0.2, 0.25) is 0 Å². The molecule has 19 heavy (non-hydrogen) atoms. The summed E-state index contributed by atoms with van der Waals surface area (Å²) in [5.74, 6) is 0.211. The topological polar surface area (TPSA) is 52.7 Å². The SMILES string of the molecule is CCN1CCNC(CC(=O)N2CCCCCC2)C1=O. The largest absolute Gasteiger partial charge is 0.343 e. The molecule has 1 N–H and O–H groups in total. The lowest BCUT2D eigenvalue weighted by molar-refractivity contribution is -0.140. The van der Waals surface area contributed by atoms with Crippen molar-refractivity contribution in [3.63, 3.8) is 0 Å². The highest BCUT2D eigenvalue weighted by molar-refractivity contribution is 5.88. The van der Waals surface area contributed by atoms with Gasteiger partial charge in [-0.05, 0) is 19.8 Å². The van der Waals surface area contributed by atoms with Crippen LogP contribution in [0.1, 0.15) is 39.0 Å². The van der Waals surface area contributed by atoms with Crippen molar-refractivity contribution in [2.45, 2.75) is 45.1 Å². The van der Waals surface area contributed by atoms with E-state index in [1.54, 1.807) is 0 Å². The van der Waals surface area contributed by atoms with Crippen LogP contribution in [0.5, 0.6) is 0 Å². The van der Waals surface area contributed by atoms with Crippen LogP contribution in [0.4, 0.5) is 0 Å². The summed E-state index contributed by atoms with van der Waals surface area (Å²) in [5.41, 5.74) is 0. The average molecular weight is 267 g/mol. The Kier molecular flexibility index (Phi) is 5.19. The van der Waals surface area contributed by atoms with E-state index in [4.69, 9.17) is 0 Å². The van der Waals surface area contributed by atoms with Gasteiger partial charge >= 0.3 is 0 Å². The fourth-order valence-electron chi connectivity index (χ4n) is 2.89. The maximum atomic E-state index is 12.3. The molecular weight excluding hydrogens is 242 g/mol. The van der Waals surface area contributed by atoms with Crippen LogP contribution in [0.3, 0.4) is 0 Å². The van der Waals surface area contributed by atoms with E-state index in [0.29, 0.717) is 6.42 Å². The number of carbonyl (C=O) groups excluding carboxylic acids is 2. The molecule has 0 aliphatic carbocycles. The van der Waals surface area contributed by atoms with Crippen molar-refractivity contribution in [1.82, 2.24) is 15.1 Å². The van der Waals surface area contributed by atoms with Gasteiger partial charge in [-0.1, -0.05) is 12.8 Å². The monoisotopic (exact) mass is 267 g/mol. The third-order valence-electron chi connectivity index (χ3n) is 4.10. The molecule has 5 nitrogen and oxygen atoms in total. The number of piperazine rings is 1. The molecule has 2 saturated heterocycles. The van der Waals surface area contributed by atoms with Gasteiger partial charge in [-0.2, -0.15) is 0 Å². The number of hydrogen-bond donors (Lipinski definition) is 1. The van der Waals surface area contributed by atoms with Crippen molar-refractivity contribution in [1.29, 1.82) is 0 Å². The number of likely N-dealkylation sites (N-methyl/N-ethyl adjacent to an activating group) is 1. The number of nitrogens with zero attached hydrogens (tertiary/aromatic N) is 2. The summed E-state index contributed by atoms with van der Waals surface area (Å²) in [7, 11) is 0. The zero-order chi connectivity index (χ0) is 13.7. The molecule has 2 aliphatic rings. The summed E-state index contributed by atoms with van der Waals surface area (Å²) in [6.07, 6.45) is 4.94.